The molecule has 1 aliphatic rings. The summed E-state index contributed by atoms with van der Waals surface area (Å²) >= 11 is 0. The molecule has 0 radical (unpaired) electrons. The average molecular weight is 433 g/mol. The molecule has 2 heterocycles. The van der Waals surface area contributed by atoms with Crippen LogP contribution in [0.25, 0.3) is 11.1 Å². The summed E-state index contributed by atoms with van der Waals surface area (Å²) in [4.78, 5) is 23.9. The van der Waals surface area contributed by atoms with E-state index in [0.717, 1.165) is 47.6 Å². The summed E-state index contributed by atoms with van der Waals surface area (Å²) in [6, 6.07) is 17.1. The number of nitrogens with two attached hydrogens (primary N) is 1. The van der Waals surface area contributed by atoms with E-state index in [2.05, 4.69) is 9.97 Å². The highest BCUT2D eigenvalue weighted by atomic mass is 16.5. The van der Waals surface area contributed by atoms with Gasteiger partial charge in [-0.1, -0.05) is 30.3 Å². The number of carbonyl (C=O) groups is 1. The fourth-order valence-corrected chi connectivity index (χ4v) is 4.11. The molecule has 0 aliphatic carbocycles. The zero-order valence-corrected chi connectivity index (χ0v) is 18.2. The molecule has 1 atom stereocenters. The monoisotopic (exact) mass is 432 g/mol. The number of ether oxygens (including phenoxy) is 2. The first-order chi connectivity index (χ1) is 15.7. The molecule has 1 fully saturated rings. The molecule has 0 unspecified atom stereocenters. The van der Waals surface area contributed by atoms with Crippen LogP contribution in [0.3, 0.4) is 0 Å². The Balaban J connectivity index is 1.56. The van der Waals surface area contributed by atoms with Gasteiger partial charge in [-0.2, -0.15) is 0 Å². The third-order valence-corrected chi connectivity index (χ3v) is 5.68. The van der Waals surface area contributed by atoms with Crippen LogP contribution in [-0.4, -0.2) is 41.0 Å². The van der Waals surface area contributed by atoms with Gasteiger partial charge in [0.1, 0.15) is 11.5 Å². The highest BCUT2D eigenvalue weighted by molar-refractivity contribution is 5.78. The van der Waals surface area contributed by atoms with Crippen LogP contribution in [-0.2, 0) is 4.79 Å². The molecule has 4 rings (SSSR count). The number of amides is 1. The SMILES string of the molecule is COc1cccc(-c2cnc(N)nc2[C@H]2CCCCN2C(=O)CCOc2ccccc2)c1. The molecule has 1 aromatic heterocycles. The Morgan fingerprint density at radius 2 is 1.94 bits per heavy atom. The lowest BCUT2D eigenvalue weighted by atomic mass is 9.93. The first-order valence-corrected chi connectivity index (χ1v) is 10.9. The van der Waals surface area contributed by atoms with E-state index < -0.39 is 0 Å². The molecule has 166 valence electrons. The number of methoxy groups -OCH3 is 1. The summed E-state index contributed by atoms with van der Waals surface area (Å²) in [7, 11) is 1.64. The van der Waals surface area contributed by atoms with Crippen molar-refractivity contribution in [1.82, 2.24) is 14.9 Å². The fourth-order valence-electron chi connectivity index (χ4n) is 4.11. The standard InChI is InChI=1S/C25H28N4O3/c1-31-20-11-7-8-18(16-20)21-17-27-25(26)28-24(21)22-12-5-6-14-29(22)23(30)13-15-32-19-9-3-2-4-10-19/h2-4,7-11,16-17,22H,5-6,12-15H2,1H3,(H2,26,27,28)/t22-/m1/s1. The fraction of sp³-hybridized carbons (Fsp3) is 0.320. The lowest BCUT2D eigenvalue weighted by Crippen LogP contribution is -2.39. The summed E-state index contributed by atoms with van der Waals surface area (Å²) in [5.74, 6) is 1.77. The maximum atomic E-state index is 13.2. The van der Waals surface area contributed by atoms with Gasteiger partial charge in [0.15, 0.2) is 0 Å². The molecule has 0 spiro atoms. The van der Waals surface area contributed by atoms with E-state index >= 15 is 0 Å². The van der Waals surface area contributed by atoms with E-state index in [4.69, 9.17) is 15.2 Å². The van der Waals surface area contributed by atoms with Gasteiger partial charge in [0.2, 0.25) is 11.9 Å². The highest BCUT2D eigenvalue weighted by Gasteiger charge is 2.31. The molecule has 7 heteroatoms. The maximum Gasteiger partial charge on any atom is 0.226 e. The van der Waals surface area contributed by atoms with Crippen molar-refractivity contribution in [2.45, 2.75) is 31.7 Å². The van der Waals surface area contributed by atoms with Crippen molar-refractivity contribution in [3.63, 3.8) is 0 Å². The van der Waals surface area contributed by atoms with Gasteiger partial charge >= 0.3 is 0 Å². The van der Waals surface area contributed by atoms with Gasteiger partial charge in [0.25, 0.3) is 0 Å². The second kappa shape index (κ2) is 10.1. The zero-order valence-electron chi connectivity index (χ0n) is 18.2. The second-order valence-corrected chi connectivity index (χ2v) is 7.77. The summed E-state index contributed by atoms with van der Waals surface area (Å²) in [5.41, 5.74) is 8.54. The molecule has 3 aromatic rings. The minimum absolute atomic E-state index is 0.0550. The number of rotatable bonds is 7. The third-order valence-electron chi connectivity index (χ3n) is 5.68. The maximum absolute atomic E-state index is 13.2. The smallest absolute Gasteiger partial charge is 0.226 e. The zero-order chi connectivity index (χ0) is 22.3. The molecule has 2 aromatic carbocycles. The third kappa shape index (κ3) is 4.99. The molecule has 32 heavy (non-hydrogen) atoms. The number of nitrogen functional groups attached to an aromatic ring is 1. The van der Waals surface area contributed by atoms with Crippen molar-refractivity contribution < 1.29 is 14.3 Å². The van der Waals surface area contributed by atoms with Gasteiger partial charge < -0.3 is 20.1 Å². The summed E-state index contributed by atoms with van der Waals surface area (Å²) < 4.78 is 11.1. The second-order valence-electron chi connectivity index (χ2n) is 7.77. The average Bonchev–Trinajstić information content (AvgIpc) is 2.84. The Morgan fingerprint density at radius 3 is 2.75 bits per heavy atom. The van der Waals surface area contributed by atoms with E-state index in [-0.39, 0.29) is 17.9 Å². The van der Waals surface area contributed by atoms with Gasteiger partial charge in [0, 0.05) is 18.3 Å². The predicted octanol–water partition coefficient (Wildman–Crippen LogP) is 4.26. The van der Waals surface area contributed by atoms with Gasteiger partial charge in [-0.15, -0.1) is 0 Å². The van der Waals surface area contributed by atoms with Crippen LogP contribution in [0.5, 0.6) is 11.5 Å². The Bertz CT molecular complexity index is 1060. The quantitative estimate of drug-likeness (QED) is 0.600. The van der Waals surface area contributed by atoms with Crippen molar-refractivity contribution >= 4 is 11.9 Å². The number of anilines is 1. The van der Waals surface area contributed by atoms with E-state index in [1.165, 1.54) is 0 Å². The number of piperidine rings is 1. The Kier molecular flexibility index (Phi) is 6.84. The normalized spacial score (nSPS) is 15.9. The number of hydrogen-bond acceptors (Lipinski definition) is 6. The van der Waals surface area contributed by atoms with E-state index in [1.807, 2.05) is 59.5 Å². The molecular formula is C25H28N4O3. The lowest BCUT2D eigenvalue weighted by Gasteiger charge is -2.36. The van der Waals surface area contributed by atoms with Crippen LogP contribution in [0.2, 0.25) is 0 Å². The summed E-state index contributed by atoms with van der Waals surface area (Å²) in [6.45, 7) is 1.02. The van der Waals surface area contributed by atoms with Crippen molar-refractivity contribution in [2.24, 2.45) is 0 Å². The van der Waals surface area contributed by atoms with E-state index in [1.54, 1.807) is 13.3 Å². The molecule has 2 N–H and O–H groups in total. The number of aromatic nitrogens is 2. The van der Waals surface area contributed by atoms with Gasteiger partial charge in [0.05, 0.1) is 31.9 Å². The number of likely N-dealkylation sites (tertiary alicyclic amines) is 1. The topological polar surface area (TPSA) is 90.6 Å². The van der Waals surface area contributed by atoms with Crippen LogP contribution in [0.4, 0.5) is 5.95 Å². The van der Waals surface area contributed by atoms with Crippen molar-refractivity contribution in [3.05, 3.63) is 66.5 Å². The van der Waals surface area contributed by atoms with E-state index in [0.29, 0.717) is 19.6 Å². The molecule has 1 saturated heterocycles. The molecule has 7 nitrogen and oxygen atoms in total. The first kappa shape index (κ1) is 21.6. The molecule has 0 bridgehead atoms. The number of benzene rings is 2. The Hall–Kier alpha value is -3.61. The summed E-state index contributed by atoms with van der Waals surface area (Å²) in [5, 5.41) is 0. The predicted molar refractivity (Wildman–Crippen MR) is 123 cm³/mol. The largest absolute Gasteiger partial charge is 0.497 e. The van der Waals surface area contributed by atoms with Crippen molar-refractivity contribution in [3.8, 4) is 22.6 Å². The van der Waals surface area contributed by atoms with Crippen LogP contribution >= 0.6 is 0 Å². The van der Waals surface area contributed by atoms with Crippen LogP contribution < -0.4 is 15.2 Å². The number of hydrogen-bond donors (Lipinski definition) is 1. The van der Waals surface area contributed by atoms with Crippen LogP contribution in [0.15, 0.2) is 60.8 Å². The molecule has 0 saturated carbocycles. The van der Waals surface area contributed by atoms with Gasteiger partial charge in [-0.25, -0.2) is 9.97 Å². The van der Waals surface area contributed by atoms with Crippen LogP contribution in [0.1, 0.15) is 37.4 Å². The molecule has 1 aliphatic heterocycles. The lowest BCUT2D eigenvalue weighted by molar-refractivity contribution is -0.135. The minimum atomic E-state index is -0.153. The minimum Gasteiger partial charge on any atom is -0.497 e. The Morgan fingerprint density at radius 1 is 1.12 bits per heavy atom. The molecular weight excluding hydrogens is 404 g/mol. The number of para-hydroxylation sites is 1. The Labute approximate surface area is 188 Å². The number of nitrogens with zero attached hydrogens (tertiary/aromatic N) is 3. The molecule has 1 amide bonds. The first-order valence-electron chi connectivity index (χ1n) is 10.9. The highest BCUT2D eigenvalue weighted by Crippen LogP contribution is 2.37. The van der Waals surface area contributed by atoms with Crippen LogP contribution in [0, 0.1) is 0 Å². The van der Waals surface area contributed by atoms with Crippen molar-refractivity contribution in [1.29, 1.82) is 0 Å². The van der Waals surface area contributed by atoms with Gasteiger partial charge in [-0.3, -0.25) is 4.79 Å². The van der Waals surface area contributed by atoms with Crippen molar-refractivity contribution in [2.75, 3.05) is 26.0 Å². The summed E-state index contributed by atoms with van der Waals surface area (Å²) in [6.07, 6.45) is 4.87. The van der Waals surface area contributed by atoms with Gasteiger partial charge in [-0.05, 0) is 49.1 Å². The number of carbonyl (C=O) groups excluding carboxylic acids is 1. The van der Waals surface area contributed by atoms with E-state index in [9.17, 15) is 4.79 Å².